The maximum atomic E-state index is 12.2. The summed E-state index contributed by atoms with van der Waals surface area (Å²) >= 11 is 3.42. The van der Waals surface area contributed by atoms with Crippen LogP contribution in [0, 0.1) is 0 Å². The van der Waals surface area contributed by atoms with Gasteiger partial charge in [-0.2, -0.15) is 0 Å². The number of halogens is 1. The Morgan fingerprint density at radius 3 is 2.85 bits per heavy atom. The molecule has 1 heterocycles. The van der Waals surface area contributed by atoms with Crippen LogP contribution in [0.25, 0.3) is 11.4 Å². The van der Waals surface area contributed by atoms with Crippen LogP contribution in [0.15, 0.2) is 53.0 Å². The van der Waals surface area contributed by atoms with Crippen LogP contribution in [0.5, 0.6) is 0 Å². The molecule has 1 fully saturated rings. The van der Waals surface area contributed by atoms with Crippen molar-refractivity contribution in [1.29, 1.82) is 0 Å². The highest BCUT2D eigenvalue weighted by molar-refractivity contribution is 9.10. The van der Waals surface area contributed by atoms with Gasteiger partial charge in [-0.25, -0.2) is 4.68 Å². The van der Waals surface area contributed by atoms with Gasteiger partial charge in [0.2, 0.25) is 5.91 Å². The van der Waals surface area contributed by atoms with Crippen LogP contribution >= 0.6 is 15.9 Å². The van der Waals surface area contributed by atoms with Crippen molar-refractivity contribution in [2.75, 3.05) is 17.2 Å². The fourth-order valence-corrected chi connectivity index (χ4v) is 3.04. The largest absolute Gasteiger partial charge is 0.376 e. The number of carbonyl (C=O) groups excluding carboxylic acids is 1. The van der Waals surface area contributed by atoms with Gasteiger partial charge in [-0.15, -0.1) is 5.10 Å². The van der Waals surface area contributed by atoms with E-state index in [1.807, 2.05) is 53.2 Å². The van der Waals surface area contributed by atoms with Crippen molar-refractivity contribution in [2.45, 2.75) is 18.9 Å². The minimum Gasteiger partial charge on any atom is -0.376 e. The summed E-state index contributed by atoms with van der Waals surface area (Å²) in [6, 6.07) is 15.7. The highest BCUT2D eigenvalue weighted by atomic mass is 79.9. The summed E-state index contributed by atoms with van der Waals surface area (Å²) in [5.41, 5.74) is 2.52. The molecule has 1 aromatic heterocycles. The molecule has 1 aliphatic rings. The van der Waals surface area contributed by atoms with E-state index in [9.17, 15) is 4.79 Å². The number of tetrazole rings is 1. The van der Waals surface area contributed by atoms with Crippen LogP contribution in [0.2, 0.25) is 0 Å². The van der Waals surface area contributed by atoms with Crippen molar-refractivity contribution < 1.29 is 4.79 Å². The molecule has 3 aromatic rings. The predicted molar refractivity (Wildman–Crippen MR) is 103 cm³/mol. The smallest absolute Gasteiger partial charge is 0.243 e. The highest BCUT2D eigenvalue weighted by Crippen LogP contribution is 2.36. The molecule has 4 rings (SSSR count). The van der Waals surface area contributed by atoms with Crippen LogP contribution in [0.4, 0.5) is 11.4 Å². The Bertz CT molecular complexity index is 937. The maximum absolute atomic E-state index is 12.2. The molecule has 1 saturated carbocycles. The van der Waals surface area contributed by atoms with E-state index < -0.39 is 0 Å². The molecule has 0 aliphatic heterocycles. The molecule has 7 nitrogen and oxygen atoms in total. The van der Waals surface area contributed by atoms with Gasteiger partial charge in [0.25, 0.3) is 0 Å². The summed E-state index contributed by atoms with van der Waals surface area (Å²) in [6.45, 7) is 0.165. The van der Waals surface area contributed by atoms with Gasteiger partial charge in [0.15, 0.2) is 5.82 Å². The van der Waals surface area contributed by atoms with Crippen molar-refractivity contribution in [1.82, 2.24) is 20.2 Å². The van der Waals surface area contributed by atoms with Crippen LogP contribution in [0.3, 0.4) is 0 Å². The monoisotopic (exact) mass is 412 g/mol. The number of hydrogen-bond donors (Lipinski definition) is 2. The first-order chi connectivity index (χ1) is 12.7. The molecule has 2 aromatic carbocycles. The highest BCUT2D eigenvalue weighted by Gasteiger charge is 2.28. The van der Waals surface area contributed by atoms with Gasteiger partial charge < -0.3 is 10.6 Å². The number of nitrogens with zero attached hydrogens (tertiary/aromatic N) is 4. The summed E-state index contributed by atoms with van der Waals surface area (Å²) in [7, 11) is 0. The van der Waals surface area contributed by atoms with Crippen LogP contribution in [0.1, 0.15) is 18.9 Å². The number of nitrogens with one attached hydrogen (secondary N) is 2. The lowest BCUT2D eigenvalue weighted by Crippen LogP contribution is -2.21. The van der Waals surface area contributed by atoms with E-state index in [0.717, 1.165) is 40.1 Å². The third-order valence-corrected chi connectivity index (χ3v) is 4.80. The molecule has 132 valence electrons. The van der Waals surface area contributed by atoms with Crippen LogP contribution < -0.4 is 10.6 Å². The molecule has 1 aliphatic carbocycles. The average molecular weight is 413 g/mol. The second-order valence-corrected chi connectivity index (χ2v) is 6.99. The van der Waals surface area contributed by atoms with Crippen molar-refractivity contribution in [3.05, 3.63) is 53.0 Å². The molecule has 0 saturated heterocycles. The lowest BCUT2D eigenvalue weighted by Gasteiger charge is -2.10. The lowest BCUT2D eigenvalue weighted by molar-refractivity contribution is -0.114. The Morgan fingerprint density at radius 2 is 2.04 bits per heavy atom. The van der Waals surface area contributed by atoms with E-state index in [1.165, 1.54) is 0 Å². The summed E-state index contributed by atoms with van der Waals surface area (Å²) in [6.07, 6.45) is 2.23. The predicted octanol–water partition coefficient (Wildman–Crippen LogP) is 3.49. The summed E-state index contributed by atoms with van der Waals surface area (Å²) < 4.78 is 2.72. The number of benzene rings is 2. The second-order valence-electron chi connectivity index (χ2n) is 6.14. The van der Waals surface area contributed by atoms with E-state index in [4.69, 9.17) is 0 Å². The molecule has 1 amide bonds. The molecule has 0 bridgehead atoms. The number of amides is 1. The van der Waals surface area contributed by atoms with Crippen molar-refractivity contribution >= 4 is 33.2 Å². The first-order valence-corrected chi connectivity index (χ1v) is 9.16. The van der Waals surface area contributed by atoms with Gasteiger partial charge in [0.05, 0.1) is 18.3 Å². The molecule has 8 heteroatoms. The van der Waals surface area contributed by atoms with Crippen molar-refractivity contribution in [2.24, 2.45) is 0 Å². The number of aromatic nitrogens is 4. The number of carbonyl (C=O) groups is 1. The Morgan fingerprint density at radius 1 is 1.19 bits per heavy atom. The minimum absolute atomic E-state index is 0.120. The van der Waals surface area contributed by atoms with E-state index in [2.05, 4.69) is 42.1 Å². The Hall–Kier alpha value is -2.74. The van der Waals surface area contributed by atoms with Gasteiger partial charge in [0, 0.05) is 15.7 Å². The van der Waals surface area contributed by atoms with Crippen molar-refractivity contribution in [3.63, 3.8) is 0 Å². The molecule has 0 radical (unpaired) electrons. The molecule has 0 unspecified atom stereocenters. The van der Waals surface area contributed by atoms with E-state index in [0.29, 0.717) is 6.04 Å². The molecule has 26 heavy (non-hydrogen) atoms. The molecular weight excluding hydrogens is 396 g/mol. The number of anilines is 2. The minimum atomic E-state index is -0.120. The summed E-state index contributed by atoms with van der Waals surface area (Å²) in [5, 5.41) is 18.0. The number of rotatable bonds is 6. The fourth-order valence-electron chi connectivity index (χ4n) is 2.66. The van der Waals surface area contributed by atoms with E-state index in [1.54, 1.807) is 0 Å². The fraction of sp³-hybridized carbons (Fsp3) is 0.222. The Kier molecular flexibility index (Phi) is 4.66. The first-order valence-electron chi connectivity index (χ1n) is 8.37. The quantitative estimate of drug-likeness (QED) is 0.647. The lowest BCUT2D eigenvalue weighted by atomic mass is 10.2. The zero-order chi connectivity index (χ0) is 17.9. The topological polar surface area (TPSA) is 84.7 Å². The zero-order valence-electron chi connectivity index (χ0n) is 13.9. The number of hydrogen-bond acceptors (Lipinski definition) is 5. The third kappa shape index (κ3) is 3.75. The van der Waals surface area contributed by atoms with Gasteiger partial charge in [-0.3, -0.25) is 4.79 Å². The SMILES string of the molecule is O=C(CNc1cccc(-c2nnnn2C2CC2)c1)Nc1ccccc1Br. The first kappa shape index (κ1) is 16.7. The van der Waals surface area contributed by atoms with Gasteiger partial charge >= 0.3 is 0 Å². The Balaban J connectivity index is 1.42. The molecule has 0 atom stereocenters. The number of para-hydroxylation sites is 1. The van der Waals surface area contributed by atoms with Gasteiger partial charge in [-0.05, 0) is 63.5 Å². The Labute approximate surface area is 158 Å². The average Bonchev–Trinajstić information content (AvgIpc) is 3.38. The molecule has 0 spiro atoms. The second kappa shape index (κ2) is 7.25. The normalized spacial score (nSPS) is 13.4. The third-order valence-electron chi connectivity index (χ3n) is 4.11. The summed E-state index contributed by atoms with van der Waals surface area (Å²) in [4.78, 5) is 12.2. The van der Waals surface area contributed by atoms with E-state index >= 15 is 0 Å². The van der Waals surface area contributed by atoms with Crippen LogP contribution in [-0.2, 0) is 4.79 Å². The van der Waals surface area contributed by atoms with Gasteiger partial charge in [0.1, 0.15) is 0 Å². The summed E-state index contributed by atoms with van der Waals surface area (Å²) in [5.74, 6) is 0.638. The van der Waals surface area contributed by atoms with Crippen molar-refractivity contribution in [3.8, 4) is 11.4 Å². The molecule has 2 N–H and O–H groups in total. The van der Waals surface area contributed by atoms with Gasteiger partial charge in [-0.1, -0.05) is 24.3 Å². The zero-order valence-corrected chi connectivity index (χ0v) is 15.5. The standard InChI is InChI=1S/C18H17BrN6O/c19-15-6-1-2-7-16(15)21-17(26)11-20-13-5-3-4-12(10-13)18-22-23-24-25(18)14-8-9-14/h1-7,10,14,20H,8-9,11H2,(H,21,26). The maximum Gasteiger partial charge on any atom is 0.243 e. The van der Waals surface area contributed by atoms with E-state index in [-0.39, 0.29) is 12.5 Å². The van der Waals surface area contributed by atoms with Crippen LogP contribution in [-0.4, -0.2) is 32.7 Å². The molecular formula is C18H17BrN6O.